The standard InChI is InChI=1S/C48H74O12/c1-13-23-53-37-26-47(57-41(31(37)6)32(7)40(51-11)33(8)43(49)52-12)22-21-45(9,60-47)38-19-20-46(14-2,56-38)42-29(4)25-36(55-42)39-28(3)24-30(5)48(58-39)27-54-44(59-48)34-15-17-35(50-10)18-16-34/h13,15-18,28-33,36-42,44H,1,14,19-27H2,2-12H3/t28-,29-,30+,31+,32-,33-,36-,37-,38+,39-,40+,41-,42+,44-,45+,46-,47+,48+/m0/s1. The van der Waals surface area contributed by atoms with E-state index in [1.54, 1.807) is 20.3 Å². The van der Waals surface area contributed by atoms with Gasteiger partial charge in [-0.1, -0.05) is 59.8 Å². The Morgan fingerprint density at radius 2 is 1.72 bits per heavy atom. The first-order valence-electron chi connectivity index (χ1n) is 22.8. The summed E-state index contributed by atoms with van der Waals surface area (Å²) < 4.78 is 71.7. The summed E-state index contributed by atoms with van der Waals surface area (Å²) in [4.78, 5) is 12.7. The summed E-state index contributed by atoms with van der Waals surface area (Å²) in [5.74, 6) is -1.13. The van der Waals surface area contributed by atoms with E-state index in [9.17, 15) is 4.79 Å². The molecule has 6 saturated heterocycles. The Kier molecular flexibility index (Phi) is 13.9. The van der Waals surface area contributed by atoms with Crippen molar-refractivity contribution in [1.82, 2.24) is 0 Å². The lowest BCUT2D eigenvalue weighted by Crippen LogP contribution is -2.57. The van der Waals surface area contributed by atoms with Crippen LogP contribution in [0.25, 0.3) is 0 Å². The summed E-state index contributed by atoms with van der Waals surface area (Å²) in [6, 6.07) is 7.83. The molecule has 6 fully saturated rings. The Hall–Kier alpha value is -2.13. The number of hydrogen-bond donors (Lipinski definition) is 0. The summed E-state index contributed by atoms with van der Waals surface area (Å²) in [5.41, 5.74) is -0.0993. The van der Waals surface area contributed by atoms with Crippen LogP contribution in [0.1, 0.15) is 119 Å². The minimum atomic E-state index is -0.873. The van der Waals surface area contributed by atoms with Crippen LogP contribution in [0.5, 0.6) is 5.75 Å². The second-order valence-electron chi connectivity index (χ2n) is 19.4. The van der Waals surface area contributed by atoms with Crippen LogP contribution < -0.4 is 4.74 Å². The van der Waals surface area contributed by atoms with Gasteiger partial charge in [0.05, 0.1) is 80.7 Å². The molecule has 0 amide bonds. The lowest BCUT2D eigenvalue weighted by atomic mass is 9.78. The second kappa shape index (κ2) is 18.2. The number of hydrogen-bond acceptors (Lipinski definition) is 12. The van der Waals surface area contributed by atoms with Gasteiger partial charge in [-0.25, -0.2) is 0 Å². The lowest BCUT2D eigenvalue weighted by molar-refractivity contribution is -0.338. The van der Waals surface area contributed by atoms with Crippen LogP contribution >= 0.6 is 0 Å². The van der Waals surface area contributed by atoms with Gasteiger partial charge in [0.2, 0.25) is 0 Å². The smallest absolute Gasteiger partial charge is 0.311 e. The van der Waals surface area contributed by atoms with Gasteiger partial charge in [-0.15, -0.1) is 6.58 Å². The molecule has 18 atom stereocenters. The Labute approximate surface area is 358 Å². The monoisotopic (exact) mass is 843 g/mol. The fraction of sp³-hybridized carbons (Fsp3) is 0.812. The van der Waals surface area contributed by atoms with Gasteiger partial charge in [-0.3, -0.25) is 4.79 Å². The van der Waals surface area contributed by atoms with E-state index in [2.05, 4.69) is 55.0 Å². The molecule has 0 aromatic heterocycles. The third kappa shape index (κ3) is 8.48. The summed E-state index contributed by atoms with van der Waals surface area (Å²) in [6.45, 7) is 22.0. The molecule has 1 aromatic rings. The molecule has 0 radical (unpaired) electrons. The van der Waals surface area contributed by atoms with E-state index in [1.165, 1.54) is 7.11 Å². The van der Waals surface area contributed by atoms with Gasteiger partial charge in [0.25, 0.3) is 0 Å². The molecule has 2 spiro atoms. The molecule has 60 heavy (non-hydrogen) atoms. The molecule has 0 bridgehead atoms. The van der Waals surface area contributed by atoms with Gasteiger partial charge in [-0.05, 0) is 76.3 Å². The number of ether oxygens (including phenoxy) is 11. The normalized spacial score (nSPS) is 44.5. The Balaban J connectivity index is 1.04. The molecule has 0 unspecified atom stereocenters. The largest absolute Gasteiger partial charge is 0.497 e. The molecular weight excluding hydrogens is 769 g/mol. The molecular formula is C48H74O12. The molecule has 6 aliphatic heterocycles. The summed E-state index contributed by atoms with van der Waals surface area (Å²) in [7, 11) is 4.72. The number of rotatable bonds is 14. The van der Waals surface area contributed by atoms with Crippen LogP contribution in [0.3, 0.4) is 0 Å². The van der Waals surface area contributed by atoms with E-state index in [0.29, 0.717) is 26.1 Å². The van der Waals surface area contributed by atoms with E-state index in [1.807, 2.05) is 31.2 Å². The predicted molar refractivity (Wildman–Crippen MR) is 224 cm³/mol. The molecule has 0 N–H and O–H groups in total. The molecule has 338 valence electrons. The van der Waals surface area contributed by atoms with E-state index >= 15 is 0 Å². The highest BCUT2D eigenvalue weighted by Crippen LogP contribution is 2.56. The van der Waals surface area contributed by atoms with E-state index in [-0.39, 0.29) is 72.2 Å². The SMILES string of the molecule is C=CCO[C@H]1C[C@]2(CC[C@](C)([C@H]3CC[C@@](CC)([C@@H]4O[C@H]([C@H]5O[C@@]6(CO[C@H](c7ccc(OC)cc7)O6)[C@H](C)C[C@@H]5C)C[C@@H]4C)O3)O2)O[C@H]([C@@H](C)[C@@H](OC)[C@H](C)C(=O)OC)[C@@H]1C. The van der Waals surface area contributed by atoms with Gasteiger partial charge < -0.3 is 52.1 Å². The van der Waals surface area contributed by atoms with E-state index < -0.39 is 41.1 Å². The zero-order chi connectivity index (χ0) is 43.2. The second-order valence-corrected chi connectivity index (χ2v) is 19.4. The Morgan fingerprint density at radius 3 is 2.38 bits per heavy atom. The van der Waals surface area contributed by atoms with Crippen LogP contribution in [-0.2, 0) is 52.2 Å². The molecule has 0 aliphatic carbocycles. The fourth-order valence-electron chi connectivity index (χ4n) is 12.0. The summed E-state index contributed by atoms with van der Waals surface area (Å²) in [5, 5.41) is 0. The molecule has 0 saturated carbocycles. The van der Waals surface area contributed by atoms with Crippen molar-refractivity contribution in [2.24, 2.45) is 35.5 Å². The average molecular weight is 843 g/mol. The zero-order valence-electron chi connectivity index (χ0n) is 38.1. The van der Waals surface area contributed by atoms with Crippen molar-refractivity contribution in [1.29, 1.82) is 0 Å². The molecule has 7 rings (SSSR count). The minimum absolute atomic E-state index is 0.0181. The predicted octanol–water partition coefficient (Wildman–Crippen LogP) is 8.34. The highest BCUT2D eigenvalue weighted by Gasteiger charge is 2.63. The summed E-state index contributed by atoms with van der Waals surface area (Å²) >= 11 is 0. The van der Waals surface area contributed by atoms with Crippen molar-refractivity contribution in [3.63, 3.8) is 0 Å². The maximum atomic E-state index is 12.7. The van der Waals surface area contributed by atoms with Crippen molar-refractivity contribution in [3.05, 3.63) is 42.5 Å². The summed E-state index contributed by atoms with van der Waals surface area (Å²) in [6.07, 6.45) is 6.46. The molecule has 1 aromatic carbocycles. The van der Waals surface area contributed by atoms with Crippen LogP contribution in [0.4, 0.5) is 0 Å². The van der Waals surface area contributed by atoms with Crippen molar-refractivity contribution >= 4 is 5.97 Å². The lowest BCUT2D eigenvalue weighted by Gasteiger charge is -2.50. The minimum Gasteiger partial charge on any atom is -0.497 e. The fourth-order valence-corrected chi connectivity index (χ4v) is 12.0. The van der Waals surface area contributed by atoms with Gasteiger partial charge in [0, 0.05) is 43.3 Å². The first-order chi connectivity index (χ1) is 28.6. The third-order valence-electron chi connectivity index (χ3n) is 15.5. The first-order valence-corrected chi connectivity index (χ1v) is 22.8. The number of carbonyl (C=O) groups excluding carboxylic acids is 1. The highest BCUT2D eigenvalue weighted by molar-refractivity contribution is 5.72. The van der Waals surface area contributed by atoms with Crippen LogP contribution in [-0.4, -0.2) is 106 Å². The van der Waals surface area contributed by atoms with Gasteiger partial charge in [0.1, 0.15) is 12.4 Å². The molecule has 6 heterocycles. The molecule has 12 nitrogen and oxygen atoms in total. The maximum absolute atomic E-state index is 12.7. The first kappa shape index (κ1) is 45.9. The number of carbonyl (C=O) groups is 1. The van der Waals surface area contributed by atoms with Gasteiger partial charge in [0.15, 0.2) is 17.9 Å². The zero-order valence-corrected chi connectivity index (χ0v) is 38.1. The van der Waals surface area contributed by atoms with Gasteiger partial charge >= 0.3 is 5.97 Å². The Bertz CT molecular complexity index is 1620. The number of esters is 1. The van der Waals surface area contributed by atoms with Crippen molar-refractivity contribution in [2.45, 2.75) is 179 Å². The van der Waals surface area contributed by atoms with Crippen molar-refractivity contribution < 1.29 is 56.9 Å². The van der Waals surface area contributed by atoms with Crippen LogP contribution in [0, 0.1) is 35.5 Å². The van der Waals surface area contributed by atoms with Crippen molar-refractivity contribution in [2.75, 3.05) is 34.5 Å². The maximum Gasteiger partial charge on any atom is 0.311 e. The molecule has 12 heteroatoms. The van der Waals surface area contributed by atoms with Crippen LogP contribution in [0.15, 0.2) is 36.9 Å². The van der Waals surface area contributed by atoms with Crippen LogP contribution in [0.2, 0.25) is 0 Å². The van der Waals surface area contributed by atoms with E-state index in [4.69, 9.17) is 52.1 Å². The Morgan fingerprint density at radius 1 is 0.967 bits per heavy atom. The van der Waals surface area contributed by atoms with Crippen molar-refractivity contribution in [3.8, 4) is 5.75 Å². The highest BCUT2D eigenvalue weighted by atomic mass is 16.8. The number of benzene rings is 1. The third-order valence-corrected chi connectivity index (χ3v) is 15.5. The molecule has 6 aliphatic rings. The average Bonchev–Trinajstić information content (AvgIpc) is 4.05. The quantitative estimate of drug-likeness (QED) is 0.132. The van der Waals surface area contributed by atoms with E-state index in [0.717, 1.165) is 49.8 Å². The topological polar surface area (TPSA) is 119 Å². The van der Waals surface area contributed by atoms with Gasteiger partial charge in [-0.2, -0.15) is 0 Å². The number of methoxy groups -OCH3 is 3.